The molecule has 0 aromatic carbocycles. The summed E-state index contributed by atoms with van der Waals surface area (Å²) in [6.45, 7) is 6.43. The molecular formula is C23H29Cl2N7O2. The van der Waals surface area contributed by atoms with Crippen LogP contribution in [0.1, 0.15) is 55.0 Å². The van der Waals surface area contributed by atoms with Crippen molar-refractivity contribution in [2.45, 2.75) is 63.9 Å². The monoisotopic (exact) mass is 505 g/mol. The molecule has 3 heterocycles. The van der Waals surface area contributed by atoms with Crippen LogP contribution in [0.15, 0.2) is 30.6 Å². The molecule has 3 N–H and O–H groups in total. The van der Waals surface area contributed by atoms with Crippen molar-refractivity contribution >= 4 is 40.8 Å². The number of nitrogens with zero attached hydrogens (tertiary/aromatic N) is 4. The van der Waals surface area contributed by atoms with Crippen LogP contribution < -0.4 is 10.6 Å². The zero-order chi connectivity index (χ0) is 24.7. The summed E-state index contributed by atoms with van der Waals surface area (Å²) >= 11 is 11.7. The molecule has 3 rings (SSSR count). The third-order valence-electron chi connectivity index (χ3n) is 5.45. The number of aryl methyl sites for hydroxylation is 3. The molecule has 0 aliphatic rings. The Morgan fingerprint density at radius 1 is 1.18 bits per heavy atom. The topological polar surface area (TPSA) is 118 Å². The lowest BCUT2D eigenvalue weighted by molar-refractivity contribution is -0.118. The van der Waals surface area contributed by atoms with Crippen LogP contribution in [-0.4, -0.2) is 47.7 Å². The quantitative estimate of drug-likeness (QED) is 0.336. The second-order valence-electron chi connectivity index (χ2n) is 7.83. The van der Waals surface area contributed by atoms with Crippen LogP contribution in [-0.2, 0) is 17.8 Å². The maximum absolute atomic E-state index is 13.0. The zero-order valence-electron chi connectivity index (χ0n) is 19.4. The highest BCUT2D eigenvalue weighted by Gasteiger charge is 2.23. The van der Waals surface area contributed by atoms with Gasteiger partial charge in [-0.25, -0.2) is 4.98 Å². The molecule has 2 amide bonds. The van der Waals surface area contributed by atoms with E-state index in [2.05, 4.69) is 30.9 Å². The van der Waals surface area contributed by atoms with Gasteiger partial charge in [0.05, 0.1) is 5.69 Å². The van der Waals surface area contributed by atoms with Crippen LogP contribution in [0.5, 0.6) is 0 Å². The smallest absolute Gasteiger partial charge is 0.270 e. The summed E-state index contributed by atoms with van der Waals surface area (Å²) in [5, 5.41) is 17.0. The van der Waals surface area contributed by atoms with Crippen LogP contribution in [0.3, 0.4) is 0 Å². The predicted octanol–water partition coefficient (Wildman–Crippen LogP) is 4.27. The number of halogens is 2. The SMILES string of the molecule is CCc1n[nH]c(C)c1-c1ccc(NC(=O)C(CCCC(Cl)Cl)NC(=O)c2ccnn2CC)nc1. The van der Waals surface area contributed by atoms with Crippen molar-refractivity contribution in [2.24, 2.45) is 0 Å². The summed E-state index contributed by atoms with van der Waals surface area (Å²) in [7, 11) is 0. The van der Waals surface area contributed by atoms with E-state index in [0.717, 1.165) is 28.9 Å². The number of hydrogen-bond donors (Lipinski definition) is 3. The van der Waals surface area contributed by atoms with Crippen molar-refractivity contribution < 1.29 is 9.59 Å². The highest BCUT2D eigenvalue weighted by Crippen LogP contribution is 2.26. The van der Waals surface area contributed by atoms with Crippen LogP contribution in [0.2, 0.25) is 0 Å². The molecule has 11 heteroatoms. The van der Waals surface area contributed by atoms with Crippen molar-refractivity contribution in [3.63, 3.8) is 0 Å². The van der Waals surface area contributed by atoms with Gasteiger partial charge in [0.15, 0.2) is 0 Å². The van der Waals surface area contributed by atoms with E-state index >= 15 is 0 Å². The van der Waals surface area contributed by atoms with Crippen molar-refractivity contribution in [1.82, 2.24) is 30.3 Å². The normalized spacial score (nSPS) is 12.1. The van der Waals surface area contributed by atoms with E-state index < -0.39 is 10.9 Å². The number of aromatic amines is 1. The second kappa shape index (κ2) is 12.0. The van der Waals surface area contributed by atoms with Gasteiger partial charge in [-0.1, -0.05) is 6.92 Å². The minimum Gasteiger partial charge on any atom is -0.339 e. The van der Waals surface area contributed by atoms with E-state index in [1.807, 2.05) is 26.8 Å². The van der Waals surface area contributed by atoms with E-state index in [4.69, 9.17) is 23.2 Å². The molecule has 1 unspecified atom stereocenters. The number of anilines is 1. The first kappa shape index (κ1) is 25.7. The number of rotatable bonds is 11. The standard InChI is InChI=1S/C23H29Cl2N7O2/c1-4-16-21(14(3)30-31-16)15-9-10-20(26-13-15)29-22(33)17(7-6-8-19(24)25)28-23(34)18-11-12-27-32(18)5-2/h9-13,17,19H,4-8H2,1-3H3,(H,28,34)(H,30,31)(H,26,29,33). The van der Waals surface area contributed by atoms with Gasteiger partial charge >= 0.3 is 0 Å². The van der Waals surface area contributed by atoms with Gasteiger partial charge < -0.3 is 10.6 Å². The lowest BCUT2D eigenvalue weighted by Gasteiger charge is -2.19. The van der Waals surface area contributed by atoms with E-state index in [-0.39, 0.29) is 11.8 Å². The average molecular weight is 506 g/mol. The first-order valence-corrected chi connectivity index (χ1v) is 12.1. The van der Waals surface area contributed by atoms with Crippen LogP contribution in [0, 0.1) is 6.92 Å². The molecular weight excluding hydrogens is 477 g/mol. The van der Waals surface area contributed by atoms with E-state index in [1.54, 1.807) is 29.2 Å². The number of carbonyl (C=O) groups excluding carboxylic acids is 2. The maximum atomic E-state index is 13.0. The maximum Gasteiger partial charge on any atom is 0.270 e. The van der Waals surface area contributed by atoms with Crippen LogP contribution in [0.25, 0.3) is 11.1 Å². The van der Waals surface area contributed by atoms with Gasteiger partial charge in [0.2, 0.25) is 5.91 Å². The molecule has 1 atom stereocenters. The largest absolute Gasteiger partial charge is 0.339 e. The first-order chi connectivity index (χ1) is 16.3. The Bertz CT molecular complexity index is 1110. The minimum atomic E-state index is -0.788. The summed E-state index contributed by atoms with van der Waals surface area (Å²) in [6.07, 6.45) is 5.49. The van der Waals surface area contributed by atoms with Crippen LogP contribution in [0.4, 0.5) is 5.82 Å². The Kier molecular flexibility index (Phi) is 9.06. The summed E-state index contributed by atoms with van der Waals surface area (Å²) < 4.78 is 1.57. The van der Waals surface area contributed by atoms with Gasteiger partial charge in [-0.15, -0.1) is 23.2 Å². The molecule has 0 spiro atoms. The fourth-order valence-corrected chi connectivity index (χ4v) is 4.01. The van der Waals surface area contributed by atoms with Gasteiger partial charge in [0.25, 0.3) is 5.91 Å². The number of carbonyl (C=O) groups is 2. The number of hydrogen-bond acceptors (Lipinski definition) is 5. The lowest BCUT2D eigenvalue weighted by Crippen LogP contribution is -2.44. The summed E-state index contributed by atoms with van der Waals surface area (Å²) in [6, 6.07) is 4.45. The van der Waals surface area contributed by atoms with Gasteiger partial charge in [0.1, 0.15) is 22.4 Å². The zero-order valence-corrected chi connectivity index (χ0v) is 21.0. The number of nitrogens with one attached hydrogen (secondary N) is 3. The van der Waals surface area contributed by atoms with Crippen molar-refractivity contribution in [3.05, 3.63) is 47.7 Å². The number of pyridine rings is 1. The molecule has 0 aliphatic heterocycles. The predicted molar refractivity (Wildman–Crippen MR) is 133 cm³/mol. The van der Waals surface area contributed by atoms with E-state index in [1.165, 1.54) is 0 Å². The summed E-state index contributed by atoms with van der Waals surface area (Å²) in [5.74, 6) is -0.359. The molecule has 0 saturated heterocycles. The Balaban J connectivity index is 1.72. The Labute approximate surface area is 208 Å². The molecule has 9 nitrogen and oxygen atoms in total. The molecule has 0 bridgehead atoms. The van der Waals surface area contributed by atoms with E-state index in [0.29, 0.717) is 37.3 Å². The summed E-state index contributed by atoms with van der Waals surface area (Å²) in [4.78, 5) is 29.7. The third kappa shape index (κ3) is 6.36. The minimum absolute atomic E-state index is 0.370. The van der Waals surface area contributed by atoms with Crippen molar-refractivity contribution in [2.75, 3.05) is 5.32 Å². The molecule has 0 aliphatic carbocycles. The molecule has 182 valence electrons. The van der Waals surface area contributed by atoms with Gasteiger partial charge in [-0.3, -0.25) is 19.4 Å². The third-order valence-corrected chi connectivity index (χ3v) is 5.88. The highest BCUT2D eigenvalue weighted by molar-refractivity contribution is 6.44. The Morgan fingerprint density at radius 2 is 1.97 bits per heavy atom. The molecule has 0 saturated carbocycles. The van der Waals surface area contributed by atoms with Crippen molar-refractivity contribution in [1.29, 1.82) is 0 Å². The highest BCUT2D eigenvalue weighted by atomic mass is 35.5. The number of H-pyrrole nitrogens is 1. The number of amides is 2. The average Bonchev–Trinajstić information content (AvgIpc) is 3.45. The van der Waals surface area contributed by atoms with Gasteiger partial charge in [-0.2, -0.15) is 10.2 Å². The fourth-order valence-electron chi connectivity index (χ4n) is 3.70. The van der Waals surface area contributed by atoms with E-state index in [9.17, 15) is 9.59 Å². The molecule has 3 aromatic heterocycles. The van der Waals surface area contributed by atoms with Crippen molar-refractivity contribution in [3.8, 4) is 11.1 Å². The molecule has 0 fully saturated rings. The lowest BCUT2D eigenvalue weighted by atomic mass is 10.0. The first-order valence-electron chi connectivity index (χ1n) is 11.3. The van der Waals surface area contributed by atoms with Gasteiger partial charge in [-0.05, 0) is 57.7 Å². The molecule has 3 aromatic rings. The Hall–Kier alpha value is -2.91. The van der Waals surface area contributed by atoms with Gasteiger partial charge in [0, 0.05) is 35.8 Å². The Morgan fingerprint density at radius 3 is 2.62 bits per heavy atom. The molecule has 34 heavy (non-hydrogen) atoms. The van der Waals surface area contributed by atoms with Crippen LogP contribution >= 0.6 is 23.2 Å². The molecule has 0 radical (unpaired) electrons. The fraction of sp³-hybridized carbons (Fsp3) is 0.435. The number of aromatic nitrogens is 5. The number of alkyl halides is 2. The summed E-state index contributed by atoms with van der Waals surface area (Å²) in [5.41, 5.74) is 4.23. The second-order valence-corrected chi connectivity index (χ2v) is 9.10.